The van der Waals surface area contributed by atoms with Crippen LogP contribution in [0.25, 0.3) is 0 Å². The molecule has 0 saturated carbocycles. The van der Waals surface area contributed by atoms with Crippen LogP contribution in [0.4, 0.5) is 0 Å². The number of hydrogen-bond donors (Lipinski definition) is 0. The van der Waals surface area contributed by atoms with Gasteiger partial charge in [-0.15, -0.1) is 0 Å². The number of carbonyl (C=O) groups excluding carboxylic acids is 1. The lowest BCUT2D eigenvalue weighted by atomic mass is 10.0. The van der Waals surface area contributed by atoms with Gasteiger partial charge >= 0.3 is 0 Å². The van der Waals surface area contributed by atoms with Crippen LogP contribution in [0, 0.1) is 11.8 Å². The van der Waals surface area contributed by atoms with E-state index in [2.05, 4.69) is 29.9 Å². The summed E-state index contributed by atoms with van der Waals surface area (Å²) in [5.74, 6) is 7.51. The van der Waals surface area contributed by atoms with Gasteiger partial charge in [-0.25, -0.2) is 0 Å². The largest absolute Gasteiger partial charge is 0.457 e. The highest BCUT2D eigenvalue weighted by Gasteiger charge is 2.19. The molecule has 0 aromatic heterocycles. The Morgan fingerprint density at radius 1 is 1.04 bits per heavy atom. The number of likely N-dealkylation sites (N-methyl/N-ethyl adjacent to an activating group) is 1. The number of benzene rings is 2. The number of fused-ring (bicyclic) bond motifs is 1. The van der Waals surface area contributed by atoms with Crippen molar-refractivity contribution in [1.29, 1.82) is 0 Å². The third-order valence-electron chi connectivity index (χ3n) is 5.25. The number of piperazine rings is 1. The van der Waals surface area contributed by atoms with Gasteiger partial charge in [-0.1, -0.05) is 24.1 Å². The number of ether oxygens (including phenoxy) is 1. The Balaban J connectivity index is 1.55. The molecule has 0 spiro atoms. The van der Waals surface area contributed by atoms with Crippen molar-refractivity contribution in [1.82, 2.24) is 9.80 Å². The monoisotopic (exact) mass is 360 g/mol. The molecule has 4 rings (SSSR count). The van der Waals surface area contributed by atoms with Gasteiger partial charge in [0, 0.05) is 37.7 Å². The first-order valence-corrected chi connectivity index (χ1v) is 9.57. The molecule has 1 saturated heterocycles. The molecule has 4 nitrogen and oxygen atoms in total. The Hall–Kier alpha value is -2.77. The highest BCUT2D eigenvalue weighted by molar-refractivity contribution is 5.94. The van der Waals surface area contributed by atoms with Gasteiger partial charge in [-0.2, -0.15) is 0 Å². The molecular formula is C23H24N2O2. The van der Waals surface area contributed by atoms with Crippen LogP contribution in [0.5, 0.6) is 11.5 Å². The van der Waals surface area contributed by atoms with E-state index in [4.69, 9.17) is 4.74 Å². The molecule has 1 heterocycles. The van der Waals surface area contributed by atoms with Crippen LogP contribution in [-0.4, -0.2) is 48.9 Å². The molecule has 2 aromatic carbocycles. The SMILES string of the molecule is CN1CCN(C(=O)C#Cc2cc3c(c(Oc4ccccc4)c2)CCC3)CC1. The van der Waals surface area contributed by atoms with Crippen LogP contribution in [0.1, 0.15) is 23.1 Å². The average molecular weight is 360 g/mol. The van der Waals surface area contributed by atoms with Gasteiger partial charge in [0.25, 0.3) is 5.91 Å². The van der Waals surface area contributed by atoms with E-state index in [0.29, 0.717) is 0 Å². The van der Waals surface area contributed by atoms with Crippen LogP contribution >= 0.6 is 0 Å². The fraction of sp³-hybridized carbons (Fsp3) is 0.348. The Morgan fingerprint density at radius 3 is 2.59 bits per heavy atom. The molecule has 27 heavy (non-hydrogen) atoms. The minimum absolute atomic E-state index is 0.0888. The van der Waals surface area contributed by atoms with Gasteiger partial charge in [0.05, 0.1) is 0 Å². The molecule has 0 unspecified atom stereocenters. The standard InChI is InChI=1S/C23H24N2O2/c1-24-12-14-25(15-13-24)23(26)11-10-18-16-19-6-5-9-21(19)22(17-18)27-20-7-3-2-4-8-20/h2-4,7-8,16-17H,5-6,9,12-15H2,1H3. The number of nitrogens with zero attached hydrogens (tertiary/aromatic N) is 2. The number of amides is 1. The first-order chi connectivity index (χ1) is 13.2. The quantitative estimate of drug-likeness (QED) is 0.772. The normalized spacial score (nSPS) is 16.4. The van der Waals surface area contributed by atoms with Gasteiger partial charge in [0.2, 0.25) is 0 Å². The molecule has 0 bridgehead atoms. The minimum Gasteiger partial charge on any atom is -0.457 e. The first-order valence-electron chi connectivity index (χ1n) is 9.57. The second-order valence-electron chi connectivity index (χ2n) is 7.23. The van der Waals surface area contributed by atoms with E-state index in [0.717, 1.165) is 62.5 Å². The van der Waals surface area contributed by atoms with Gasteiger partial charge in [0.1, 0.15) is 11.5 Å². The van der Waals surface area contributed by atoms with Crippen LogP contribution < -0.4 is 4.74 Å². The summed E-state index contributed by atoms with van der Waals surface area (Å²) in [5, 5.41) is 0. The Bertz CT molecular complexity index is 888. The summed E-state index contributed by atoms with van der Waals surface area (Å²) < 4.78 is 6.13. The average Bonchev–Trinajstić information content (AvgIpc) is 3.16. The molecule has 4 heteroatoms. The summed E-state index contributed by atoms with van der Waals surface area (Å²) in [7, 11) is 2.08. The van der Waals surface area contributed by atoms with Gasteiger partial charge in [0.15, 0.2) is 0 Å². The fourth-order valence-electron chi connectivity index (χ4n) is 3.66. The molecule has 0 radical (unpaired) electrons. The van der Waals surface area contributed by atoms with Crippen molar-refractivity contribution in [3.63, 3.8) is 0 Å². The van der Waals surface area contributed by atoms with E-state index >= 15 is 0 Å². The van der Waals surface area contributed by atoms with E-state index in [9.17, 15) is 4.79 Å². The Labute approximate surface area is 160 Å². The maximum absolute atomic E-state index is 12.4. The number of aryl methyl sites for hydroxylation is 1. The van der Waals surface area contributed by atoms with E-state index in [-0.39, 0.29) is 5.91 Å². The zero-order valence-corrected chi connectivity index (χ0v) is 15.7. The third kappa shape index (κ3) is 4.15. The van der Waals surface area contributed by atoms with Crippen molar-refractivity contribution in [3.8, 4) is 23.3 Å². The van der Waals surface area contributed by atoms with Crippen LogP contribution in [0.15, 0.2) is 42.5 Å². The molecule has 0 atom stereocenters. The summed E-state index contributed by atoms with van der Waals surface area (Å²) in [6.07, 6.45) is 3.21. The predicted octanol–water partition coefficient (Wildman–Crippen LogP) is 3.09. The summed E-state index contributed by atoms with van der Waals surface area (Å²) in [4.78, 5) is 16.5. The van der Waals surface area contributed by atoms with Gasteiger partial charge in [-0.05, 0) is 61.7 Å². The molecule has 2 aliphatic rings. The molecule has 138 valence electrons. The second kappa shape index (κ2) is 7.85. The lowest BCUT2D eigenvalue weighted by Crippen LogP contribution is -2.46. The zero-order valence-electron chi connectivity index (χ0n) is 15.7. The maximum Gasteiger partial charge on any atom is 0.298 e. The molecule has 2 aromatic rings. The smallest absolute Gasteiger partial charge is 0.298 e. The van der Waals surface area contributed by atoms with Gasteiger partial charge in [-0.3, -0.25) is 4.79 Å². The predicted molar refractivity (Wildman–Crippen MR) is 106 cm³/mol. The number of hydrogen-bond acceptors (Lipinski definition) is 3. The minimum atomic E-state index is -0.0888. The van der Waals surface area contributed by atoms with Crippen LogP contribution in [0.3, 0.4) is 0 Å². The summed E-state index contributed by atoms with van der Waals surface area (Å²) in [5.41, 5.74) is 3.42. The first kappa shape index (κ1) is 17.6. The van der Waals surface area contributed by atoms with Crippen molar-refractivity contribution in [3.05, 3.63) is 59.2 Å². The number of para-hydroxylation sites is 1. The van der Waals surface area contributed by atoms with Crippen LogP contribution in [-0.2, 0) is 17.6 Å². The van der Waals surface area contributed by atoms with Crippen molar-refractivity contribution in [2.24, 2.45) is 0 Å². The van der Waals surface area contributed by atoms with E-state index in [1.807, 2.05) is 41.3 Å². The van der Waals surface area contributed by atoms with Crippen molar-refractivity contribution >= 4 is 5.91 Å². The molecule has 1 aliphatic carbocycles. The topological polar surface area (TPSA) is 32.8 Å². The summed E-state index contributed by atoms with van der Waals surface area (Å²) >= 11 is 0. The Kier molecular flexibility index (Phi) is 5.13. The Morgan fingerprint density at radius 2 is 1.81 bits per heavy atom. The molecule has 1 aliphatic heterocycles. The van der Waals surface area contributed by atoms with Crippen molar-refractivity contribution in [2.45, 2.75) is 19.3 Å². The molecular weight excluding hydrogens is 336 g/mol. The van der Waals surface area contributed by atoms with Crippen molar-refractivity contribution < 1.29 is 9.53 Å². The van der Waals surface area contributed by atoms with E-state index in [1.165, 1.54) is 11.1 Å². The number of carbonyl (C=O) groups is 1. The second-order valence-corrected chi connectivity index (χ2v) is 7.23. The third-order valence-corrected chi connectivity index (χ3v) is 5.25. The lowest BCUT2D eigenvalue weighted by Gasteiger charge is -2.30. The summed E-state index contributed by atoms with van der Waals surface area (Å²) in [6.45, 7) is 3.30. The van der Waals surface area contributed by atoms with Crippen LogP contribution in [0.2, 0.25) is 0 Å². The summed E-state index contributed by atoms with van der Waals surface area (Å²) in [6, 6.07) is 13.9. The molecule has 1 fully saturated rings. The lowest BCUT2D eigenvalue weighted by molar-refractivity contribution is -0.126. The maximum atomic E-state index is 12.4. The van der Waals surface area contributed by atoms with E-state index in [1.54, 1.807) is 0 Å². The number of rotatable bonds is 2. The molecule has 1 amide bonds. The fourth-order valence-corrected chi connectivity index (χ4v) is 3.66. The zero-order chi connectivity index (χ0) is 18.6. The van der Waals surface area contributed by atoms with Gasteiger partial charge < -0.3 is 14.5 Å². The highest BCUT2D eigenvalue weighted by atomic mass is 16.5. The highest BCUT2D eigenvalue weighted by Crippen LogP contribution is 2.34. The van der Waals surface area contributed by atoms with E-state index < -0.39 is 0 Å². The molecule has 0 N–H and O–H groups in total. The van der Waals surface area contributed by atoms with Crippen molar-refractivity contribution in [2.75, 3.05) is 33.2 Å².